The third kappa shape index (κ3) is 2.43. The van der Waals surface area contributed by atoms with Gasteiger partial charge in [0.25, 0.3) is 0 Å². The molecule has 1 heterocycles. The van der Waals surface area contributed by atoms with Gasteiger partial charge in [0.2, 0.25) is 0 Å². The van der Waals surface area contributed by atoms with Crippen molar-refractivity contribution in [3.63, 3.8) is 0 Å². The minimum Gasteiger partial charge on any atom is -0.387 e. The fourth-order valence-corrected chi connectivity index (χ4v) is 1.80. The van der Waals surface area contributed by atoms with E-state index in [0.29, 0.717) is 12.5 Å². The summed E-state index contributed by atoms with van der Waals surface area (Å²) in [5.41, 5.74) is 2.13. The molecule has 2 rings (SSSR count). The average molecular weight is 216 g/mol. The van der Waals surface area contributed by atoms with Crippen LogP contribution in [0.3, 0.4) is 0 Å². The Kier molecular flexibility index (Phi) is 3.25. The van der Waals surface area contributed by atoms with Crippen LogP contribution in [0, 0.1) is 11.3 Å². The second kappa shape index (κ2) is 4.84. The van der Waals surface area contributed by atoms with Crippen LogP contribution in [-0.2, 0) is 0 Å². The zero-order valence-corrected chi connectivity index (χ0v) is 9.48. The quantitative estimate of drug-likeness (QED) is 0.818. The third-order valence-electron chi connectivity index (χ3n) is 2.80. The average Bonchev–Trinajstić information content (AvgIpc) is 3.14. The van der Waals surface area contributed by atoms with Crippen molar-refractivity contribution >= 4 is 11.4 Å². The van der Waals surface area contributed by atoms with Gasteiger partial charge in [0.05, 0.1) is 36.3 Å². The fourth-order valence-electron chi connectivity index (χ4n) is 1.80. The van der Waals surface area contributed by atoms with E-state index >= 15 is 0 Å². The molecular weight excluding hydrogens is 200 g/mol. The van der Waals surface area contributed by atoms with E-state index in [2.05, 4.69) is 27.3 Å². The summed E-state index contributed by atoms with van der Waals surface area (Å²) in [5, 5.41) is 11.7. The normalized spacial score (nSPS) is 14.2. The second-order valence-electron chi connectivity index (χ2n) is 4.01. The summed E-state index contributed by atoms with van der Waals surface area (Å²) in [6.45, 7) is 0.802. The Labute approximate surface area is 95.9 Å². The van der Waals surface area contributed by atoms with Crippen LogP contribution in [0.2, 0.25) is 0 Å². The van der Waals surface area contributed by atoms with E-state index in [4.69, 9.17) is 5.26 Å². The molecule has 4 heteroatoms. The number of nitrogens with one attached hydrogen (secondary N) is 1. The predicted octanol–water partition coefficient (Wildman–Crippen LogP) is 2.01. The Morgan fingerprint density at radius 3 is 3.00 bits per heavy atom. The first-order chi connectivity index (χ1) is 7.85. The van der Waals surface area contributed by atoms with Crippen molar-refractivity contribution in [3.05, 3.63) is 18.5 Å². The summed E-state index contributed by atoms with van der Waals surface area (Å²) in [6.07, 6.45) is 6.71. The van der Waals surface area contributed by atoms with Crippen molar-refractivity contribution in [2.24, 2.45) is 0 Å². The number of anilines is 2. The highest BCUT2D eigenvalue weighted by Crippen LogP contribution is 2.32. The molecule has 1 saturated carbocycles. The first-order valence-electron chi connectivity index (χ1n) is 5.61. The first kappa shape index (κ1) is 10.7. The molecule has 1 aromatic rings. The van der Waals surface area contributed by atoms with Crippen LogP contribution >= 0.6 is 0 Å². The molecule has 0 aliphatic heterocycles. The van der Waals surface area contributed by atoms with Gasteiger partial charge in [0.1, 0.15) is 0 Å². The predicted molar refractivity (Wildman–Crippen MR) is 64.4 cm³/mol. The molecule has 84 valence electrons. The molecule has 0 spiro atoms. The molecule has 16 heavy (non-hydrogen) atoms. The number of aromatic nitrogens is 1. The van der Waals surface area contributed by atoms with Crippen molar-refractivity contribution in [1.29, 1.82) is 5.26 Å². The SMILES string of the molecule is CNc1cncc(N(CCC#N)C2CC2)c1. The minimum atomic E-state index is 0.570. The van der Waals surface area contributed by atoms with Gasteiger partial charge in [-0.3, -0.25) is 4.98 Å². The number of nitriles is 1. The van der Waals surface area contributed by atoms with Crippen molar-refractivity contribution in [3.8, 4) is 6.07 Å². The fraction of sp³-hybridized carbons (Fsp3) is 0.500. The molecule has 1 aliphatic rings. The van der Waals surface area contributed by atoms with Crippen LogP contribution in [-0.4, -0.2) is 24.6 Å². The molecular formula is C12H16N4. The Morgan fingerprint density at radius 1 is 1.56 bits per heavy atom. The Morgan fingerprint density at radius 2 is 2.38 bits per heavy atom. The highest BCUT2D eigenvalue weighted by Gasteiger charge is 2.29. The lowest BCUT2D eigenvalue weighted by atomic mass is 10.3. The van der Waals surface area contributed by atoms with Crippen LogP contribution in [0.25, 0.3) is 0 Å². The zero-order chi connectivity index (χ0) is 11.4. The molecule has 0 aromatic carbocycles. The molecule has 0 unspecified atom stereocenters. The molecule has 1 N–H and O–H groups in total. The number of hydrogen-bond acceptors (Lipinski definition) is 4. The van der Waals surface area contributed by atoms with Crippen LogP contribution in [0.15, 0.2) is 18.5 Å². The maximum atomic E-state index is 8.66. The van der Waals surface area contributed by atoms with Crippen LogP contribution in [0.5, 0.6) is 0 Å². The van der Waals surface area contributed by atoms with Gasteiger partial charge in [0.15, 0.2) is 0 Å². The summed E-state index contributed by atoms with van der Waals surface area (Å²) in [7, 11) is 1.89. The topological polar surface area (TPSA) is 52.0 Å². The highest BCUT2D eigenvalue weighted by atomic mass is 15.2. The van der Waals surface area contributed by atoms with E-state index in [1.807, 2.05) is 13.2 Å². The molecule has 0 atom stereocenters. The molecule has 0 saturated heterocycles. The van der Waals surface area contributed by atoms with E-state index in [-0.39, 0.29) is 0 Å². The largest absolute Gasteiger partial charge is 0.387 e. The zero-order valence-electron chi connectivity index (χ0n) is 9.48. The molecule has 1 aromatic heterocycles. The van der Waals surface area contributed by atoms with E-state index in [1.54, 1.807) is 6.20 Å². The number of hydrogen-bond donors (Lipinski definition) is 1. The van der Waals surface area contributed by atoms with Crippen LogP contribution < -0.4 is 10.2 Å². The van der Waals surface area contributed by atoms with E-state index in [0.717, 1.165) is 17.9 Å². The number of rotatable bonds is 5. The van der Waals surface area contributed by atoms with Crippen molar-refractivity contribution < 1.29 is 0 Å². The van der Waals surface area contributed by atoms with E-state index < -0.39 is 0 Å². The summed E-state index contributed by atoms with van der Waals surface area (Å²) in [6, 6.07) is 4.90. The number of nitrogens with zero attached hydrogens (tertiary/aromatic N) is 3. The van der Waals surface area contributed by atoms with E-state index in [9.17, 15) is 0 Å². The summed E-state index contributed by atoms with van der Waals surface area (Å²) in [5.74, 6) is 0. The lowest BCUT2D eigenvalue weighted by molar-refractivity contribution is 0.791. The smallest absolute Gasteiger partial charge is 0.0640 e. The standard InChI is InChI=1S/C12H16N4/c1-14-10-7-12(9-15-8-10)16(6-2-5-13)11-3-4-11/h7-9,11,14H,2-4,6H2,1H3. The maximum absolute atomic E-state index is 8.66. The van der Waals surface area contributed by atoms with Crippen molar-refractivity contribution in [1.82, 2.24) is 4.98 Å². The van der Waals surface area contributed by atoms with Gasteiger partial charge in [-0.2, -0.15) is 5.26 Å². The lowest BCUT2D eigenvalue weighted by Crippen LogP contribution is -2.26. The lowest BCUT2D eigenvalue weighted by Gasteiger charge is -2.23. The first-order valence-corrected chi connectivity index (χ1v) is 5.61. The second-order valence-corrected chi connectivity index (χ2v) is 4.01. The van der Waals surface area contributed by atoms with Gasteiger partial charge in [-0.1, -0.05) is 0 Å². The molecule has 0 bridgehead atoms. The minimum absolute atomic E-state index is 0.570. The maximum Gasteiger partial charge on any atom is 0.0640 e. The Balaban J connectivity index is 2.14. The Hall–Kier alpha value is -1.76. The van der Waals surface area contributed by atoms with Gasteiger partial charge in [-0.05, 0) is 18.9 Å². The molecule has 1 aliphatic carbocycles. The summed E-state index contributed by atoms with van der Waals surface area (Å²) < 4.78 is 0. The van der Waals surface area contributed by atoms with Gasteiger partial charge in [-0.25, -0.2) is 0 Å². The highest BCUT2D eigenvalue weighted by molar-refractivity contribution is 5.56. The van der Waals surface area contributed by atoms with Crippen LogP contribution in [0.4, 0.5) is 11.4 Å². The molecule has 1 fully saturated rings. The molecule has 4 nitrogen and oxygen atoms in total. The van der Waals surface area contributed by atoms with Crippen molar-refractivity contribution in [2.75, 3.05) is 23.8 Å². The third-order valence-corrected chi connectivity index (χ3v) is 2.80. The summed E-state index contributed by atoms with van der Waals surface area (Å²) >= 11 is 0. The van der Waals surface area contributed by atoms with Crippen molar-refractivity contribution in [2.45, 2.75) is 25.3 Å². The summed E-state index contributed by atoms with van der Waals surface area (Å²) in [4.78, 5) is 6.50. The van der Waals surface area contributed by atoms with Gasteiger partial charge < -0.3 is 10.2 Å². The van der Waals surface area contributed by atoms with Crippen LogP contribution in [0.1, 0.15) is 19.3 Å². The van der Waals surface area contributed by atoms with Gasteiger partial charge in [-0.15, -0.1) is 0 Å². The Bertz CT molecular complexity index is 392. The van der Waals surface area contributed by atoms with Gasteiger partial charge in [0, 0.05) is 19.6 Å². The monoisotopic (exact) mass is 216 g/mol. The number of pyridine rings is 1. The van der Waals surface area contributed by atoms with Gasteiger partial charge >= 0.3 is 0 Å². The van der Waals surface area contributed by atoms with E-state index in [1.165, 1.54) is 12.8 Å². The molecule has 0 amide bonds. The molecule has 0 radical (unpaired) electrons.